The highest BCUT2D eigenvalue weighted by Gasteiger charge is 2.08. The second-order valence-electron chi connectivity index (χ2n) is 5.29. The molecule has 3 aromatic rings. The van der Waals surface area contributed by atoms with E-state index in [4.69, 9.17) is 7.85 Å². The lowest BCUT2D eigenvalue weighted by molar-refractivity contribution is 0.102. The molecule has 0 saturated carbocycles. The molecule has 5 nitrogen and oxygen atoms in total. The molecule has 0 saturated heterocycles. The van der Waals surface area contributed by atoms with Crippen LogP contribution in [0.3, 0.4) is 0 Å². The van der Waals surface area contributed by atoms with Crippen LogP contribution in [0.5, 0.6) is 0 Å². The Balaban J connectivity index is 1.79. The van der Waals surface area contributed by atoms with E-state index in [1.165, 1.54) is 6.33 Å². The van der Waals surface area contributed by atoms with Crippen molar-refractivity contribution in [1.82, 2.24) is 9.97 Å². The average Bonchev–Trinajstić information content (AvgIpc) is 2.62. The largest absolute Gasteiger partial charge is 0.342 e. The minimum Gasteiger partial charge on any atom is -0.342 e. The van der Waals surface area contributed by atoms with Crippen LogP contribution in [0.1, 0.15) is 10.4 Å². The Morgan fingerprint density at radius 3 is 2.54 bits per heavy atom. The van der Waals surface area contributed by atoms with Crippen molar-refractivity contribution in [2.24, 2.45) is 0 Å². The van der Waals surface area contributed by atoms with Crippen LogP contribution in [0.2, 0.25) is 0 Å². The number of nitrogens with zero attached hydrogens (tertiary/aromatic N) is 3. The third kappa shape index (κ3) is 3.60. The van der Waals surface area contributed by atoms with Crippen molar-refractivity contribution in [3.8, 4) is 0 Å². The summed E-state index contributed by atoms with van der Waals surface area (Å²) in [7, 11) is 7.63. The molecule has 3 rings (SSSR count). The van der Waals surface area contributed by atoms with Gasteiger partial charge in [0.25, 0.3) is 5.91 Å². The van der Waals surface area contributed by atoms with Gasteiger partial charge in [-0.25, -0.2) is 9.97 Å². The maximum absolute atomic E-state index is 12.3. The highest BCUT2D eigenvalue weighted by molar-refractivity contribution is 6.32. The van der Waals surface area contributed by atoms with Crippen LogP contribution in [-0.4, -0.2) is 30.8 Å². The number of aromatic nitrogens is 2. The van der Waals surface area contributed by atoms with Gasteiger partial charge in [0.1, 0.15) is 14.2 Å². The molecule has 0 aliphatic rings. The minimum atomic E-state index is -0.204. The summed E-state index contributed by atoms with van der Waals surface area (Å²) in [4.78, 5) is 22.3. The molecular weight excluding hydrogens is 299 g/mol. The molecule has 2 aromatic carbocycles. The maximum Gasteiger partial charge on any atom is 0.255 e. The van der Waals surface area contributed by atoms with Gasteiger partial charge in [-0.1, -0.05) is 29.7 Å². The molecular formula is C18H15BN4O. The first-order chi connectivity index (χ1) is 11.6. The van der Waals surface area contributed by atoms with Gasteiger partial charge < -0.3 is 10.2 Å². The molecule has 1 N–H and O–H groups in total. The molecule has 116 valence electrons. The summed E-state index contributed by atoms with van der Waals surface area (Å²) in [5, 5.41) is 2.88. The van der Waals surface area contributed by atoms with Crippen LogP contribution in [0.25, 0.3) is 0 Å². The summed E-state index contributed by atoms with van der Waals surface area (Å²) >= 11 is 0. The monoisotopic (exact) mass is 314 g/mol. The van der Waals surface area contributed by atoms with E-state index in [2.05, 4.69) is 15.3 Å². The number of nitrogens with one attached hydrogen (secondary N) is 1. The molecule has 0 bridgehead atoms. The van der Waals surface area contributed by atoms with E-state index in [9.17, 15) is 4.79 Å². The van der Waals surface area contributed by atoms with E-state index in [-0.39, 0.29) is 5.91 Å². The van der Waals surface area contributed by atoms with Gasteiger partial charge in [0.15, 0.2) is 0 Å². The van der Waals surface area contributed by atoms with E-state index < -0.39 is 0 Å². The number of carbonyl (C=O) groups is 1. The van der Waals surface area contributed by atoms with Crippen molar-refractivity contribution in [3.05, 3.63) is 72.8 Å². The van der Waals surface area contributed by atoms with E-state index in [1.807, 2.05) is 36.2 Å². The van der Waals surface area contributed by atoms with Gasteiger partial charge >= 0.3 is 0 Å². The van der Waals surface area contributed by atoms with Crippen molar-refractivity contribution < 1.29 is 4.79 Å². The van der Waals surface area contributed by atoms with Crippen LogP contribution in [0.15, 0.2) is 67.3 Å². The molecule has 0 spiro atoms. The number of rotatable bonds is 4. The standard InChI is InChI=1S/C18H15BN4O/c1-23(17-10-20-12-21-11-17)16-7-3-6-15(9-16)22-18(24)13-4-2-5-14(19)8-13/h2-12H,1H3,(H,22,24). The van der Waals surface area contributed by atoms with Crippen molar-refractivity contribution in [3.63, 3.8) is 0 Å². The van der Waals surface area contributed by atoms with Gasteiger partial charge in [-0.15, -0.1) is 0 Å². The maximum atomic E-state index is 12.3. The molecule has 1 amide bonds. The lowest BCUT2D eigenvalue weighted by Gasteiger charge is -2.19. The minimum absolute atomic E-state index is 0.204. The molecule has 1 aromatic heterocycles. The van der Waals surface area contributed by atoms with Crippen LogP contribution in [0.4, 0.5) is 17.1 Å². The predicted octanol–water partition coefficient (Wildman–Crippen LogP) is 2.29. The van der Waals surface area contributed by atoms with Crippen LogP contribution in [0, 0.1) is 0 Å². The van der Waals surface area contributed by atoms with Gasteiger partial charge in [-0.2, -0.15) is 0 Å². The smallest absolute Gasteiger partial charge is 0.255 e. The summed E-state index contributed by atoms with van der Waals surface area (Å²) in [5.41, 5.74) is 3.54. The molecule has 0 unspecified atom stereocenters. The normalized spacial score (nSPS) is 10.2. The van der Waals surface area contributed by atoms with Crippen molar-refractivity contribution in [2.45, 2.75) is 0 Å². The predicted molar refractivity (Wildman–Crippen MR) is 96.3 cm³/mol. The van der Waals surface area contributed by atoms with Gasteiger partial charge in [-0.3, -0.25) is 4.79 Å². The number of amides is 1. The van der Waals surface area contributed by atoms with Gasteiger partial charge in [0, 0.05) is 24.0 Å². The molecule has 6 heteroatoms. The highest BCUT2D eigenvalue weighted by Crippen LogP contribution is 2.24. The Bertz CT molecular complexity index is 854. The quantitative estimate of drug-likeness (QED) is 0.751. The SMILES string of the molecule is [B]c1cccc(C(=O)Nc2cccc(N(C)c3cncnc3)c2)c1. The number of carbonyl (C=O) groups excluding carboxylic acids is 1. The lowest BCUT2D eigenvalue weighted by Crippen LogP contribution is -2.15. The first-order valence-corrected chi connectivity index (χ1v) is 7.39. The van der Waals surface area contributed by atoms with Crippen LogP contribution >= 0.6 is 0 Å². The Morgan fingerprint density at radius 2 is 1.79 bits per heavy atom. The van der Waals surface area contributed by atoms with Crippen LogP contribution in [-0.2, 0) is 0 Å². The fourth-order valence-corrected chi connectivity index (χ4v) is 2.29. The molecule has 24 heavy (non-hydrogen) atoms. The third-order valence-electron chi connectivity index (χ3n) is 3.57. The summed E-state index contributed by atoms with van der Waals surface area (Å²) in [6.45, 7) is 0. The Morgan fingerprint density at radius 1 is 1.04 bits per heavy atom. The second kappa shape index (κ2) is 6.96. The summed E-state index contributed by atoms with van der Waals surface area (Å²) in [6.07, 6.45) is 4.94. The highest BCUT2D eigenvalue weighted by atomic mass is 16.1. The first kappa shape index (κ1) is 15.7. The Hall–Kier alpha value is -3.15. The van der Waals surface area contributed by atoms with Crippen molar-refractivity contribution in [1.29, 1.82) is 0 Å². The van der Waals surface area contributed by atoms with Crippen molar-refractivity contribution >= 4 is 36.3 Å². The molecule has 0 aliphatic carbocycles. The molecule has 0 atom stereocenters. The number of hydrogen-bond acceptors (Lipinski definition) is 4. The number of anilines is 3. The zero-order chi connectivity index (χ0) is 16.9. The van der Waals surface area contributed by atoms with E-state index in [1.54, 1.807) is 36.7 Å². The fraction of sp³-hybridized carbons (Fsp3) is 0.0556. The zero-order valence-electron chi connectivity index (χ0n) is 13.2. The molecule has 0 aliphatic heterocycles. The third-order valence-corrected chi connectivity index (χ3v) is 3.57. The fourth-order valence-electron chi connectivity index (χ4n) is 2.29. The summed E-state index contributed by atoms with van der Waals surface area (Å²) < 4.78 is 0. The number of benzene rings is 2. The molecule has 1 heterocycles. The van der Waals surface area contributed by atoms with Gasteiger partial charge in [0.2, 0.25) is 0 Å². The zero-order valence-corrected chi connectivity index (χ0v) is 13.2. The molecule has 2 radical (unpaired) electrons. The molecule has 0 fully saturated rings. The topological polar surface area (TPSA) is 58.1 Å². The second-order valence-corrected chi connectivity index (χ2v) is 5.29. The average molecular weight is 314 g/mol. The van der Waals surface area contributed by atoms with Crippen molar-refractivity contribution in [2.75, 3.05) is 17.3 Å². The van der Waals surface area contributed by atoms with E-state index in [0.29, 0.717) is 16.7 Å². The first-order valence-electron chi connectivity index (χ1n) is 7.39. The van der Waals surface area contributed by atoms with Gasteiger partial charge in [-0.05, 0) is 24.3 Å². The number of hydrogen-bond donors (Lipinski definition) is 1. The summed E-state index contributed by atoms with van der Waals surface area (Å²) in [5.74, 6) is -0.204. The Labute approximate surface area is 141 Å². The Kier molecular flexibility index (Phi) is 4.56. The van der Waals surface area contributed by atoms with Crippen LogP contribution < -0.4 is 15.7 Å². The summed E-state index contributed by atoms with van der Waals surface area (Å²) in [6, 6.07) is 14.4. The lowest BCUT2D eigenvalue weighted by atomic mass is 9.94. The van der Waals surface area contributed by atoms with E-state index >= 15 is 0 Å². The van der Waals surface area contributed by atoms with Gasteiger partial charge in [0.05, 0.1) is 18.1 Å². The van der Waals surface area contributed by atoms with E-state index in [0.717, 1.165) is 11.4 Å².